The molecule has 0 saturated heterocycles. The Morgan fingerprint density at radius 3 is 2.36 bits per heavy atom. The van der Waals surface area contributed by atoms with Crippen molar-refractivity contribution in [1.82, 2.24) is 0 Å². The van der Waals surface area contributed by atoms with Crippen LogP contribution in [0, 0.1) is 11.6 Å². The maximum Gasteiger partial charge on any atom is 0.228 e. The molecule has 0 N–H and O–H groups in total. The minimum atomic E-state index is -1.02. The first-order chi connectivity index (χ1) is 5.11. The van der Waals surface area contributed by atoms with Gasteiger partial charge in [-0.2, -0.15) is 0 Å². The quantitative estimate of drug-likeness (QED) is 0.665. The summed E-state index contributed by atoms with van der Waals surface area (Å²) < 4.78 is 24.2. The fraction of sp³-hybridized carbons (Fsp3) is 0. The summed E-state index contributed by atoms with van der Waals surface area (Å²) in [6.07, 6.45) is 0. The number of benzene rings is 1. The average molecular weight is 221 g/mol. The Morgan fingerprint density at radius 1 is 1.27 bits per heavy atom. The number of carbonyl (C=O) groups is 1. The Hall–Kier alpha value is -0.770. The Kier molecular flexibility index (Phi) is 2.34. The number of rotatable bonds is 1. The molecule has 0 aliphatic rings. The summed E-state index contributed by atoms with van der Waals surface area (Å²) in [6, 6.07) is 2.95. The van der Waals surface area contributed by atoms with E-state index in [0.717, 1.165) is 12.1 Å². The molecule has 0 amide bonds. The van der Waals surface area contributed by atoms with Gasteiger partial charge in [0.2, 0.25) is 4.69 Å². The third-order valence-electron chi connectivity index (χ3n) is 1.15. The molecule has 4 heteroatoms. The van der Waals surface area contributed by atoms with E-state index < -0.39 is 16.3 Å². The lowest BCUT2D eigenvalue weighted by atomic mass is 10.2. The highest BCUT2D eigenvalue weighted by atomic mass is 79.9. The molecule has 0 aromatic heterocycles. The molecule has 1 aromatic rings. The third kappa shape index (κ3) is 1.83. The molecule has 0 spiro atoms. The van der Waals surface area contributed by atoms with E-state index in [0.29, 0.717) is 0 Å². The molecule has 0 bridgehead atoms. The van der Waals surface area contributed by atoms with Crippen molar-refractivity contribution in [3.8, 4) is 0 Å². The van der Waals surface area contributed by atoms with Crippen LogP contribution in [-0.4, -0.2) is 4.69 Å². The molecule has 0 radical (unpaired) electrons. The standard InChI is InChI=1S/C7H3BrF2O/c8-7(11)4-1-2-5(9)6(10)3-4/h1-3H. The second-order valence-corrected chi connectivity index (χ2v) is 2.62. The SMILES string of the molecule is O=C(Br)c1ccc(F)c(F)c1. The van der Waals surface area contributed by atoms with E-state index in [1.807, 2.05) is 0 Å². The van der Waals surface area contributed by atoms with Crippen LogP contribution in [0.15, 0.2) is 18.2 Å². The van der Waals surface area contributed by atoms with Crippen molar-refractivity contribution in [1.29, 1.82) is 0 Å². The average Bonchev–Trinajstić information content (AvgIpc) is 1.94. The number of hydrogen-bond acceptors (Lipinski definition) is 1. The summed E-state index contributed by atoms with van der Waals surface area (Å²) in [6.45, 7) is 0. The van der Waals surface area contributed by atoms with Gasteiger partial charge in [0.05, 0.1) is 0 Å². The summed E-state index contributed by atoms with van der Waals surface area (Å²) in [4.78, 5) is 10.5. The smallest absolute Gasteiger partial charge is 0.228 e. The van der Waals surface area contributed by atoms with E-state index in [9.17, 15) is 13.6 Å². The van der Waals surface area contributed by atoms with Crippen LogP contribution in [0.3, 0.4) is 0 Å². The molecular formula is C7H3BrF2O. The number of hydrogen-bond donors (Lipinski definition) is 0. The lowest BCUT2D eigenvalue weighted by Crippen LogP contribution is -1.91. The van der Waals surface area contributed by atoms with Gasteiger partial charge in [-0.3, -0.25) is 4.79 Å². The molecule has 1 nitrogen and oxygen atoms in total. The topological polar surface area (TPSA) is 17.1 Å². The fourth-order valence-corrected chi connectivity index (χ4v) is 0.865. The fourth-order valence-electron chi connectivity index (χ4n) is 0.618. The summed E-state index contributed by atoms with van der Waals surface area (Å²) >= 11 is 2.61. The molecule has 0 aliphatic heterocycles. The molecule has 0 unspecified atom stereocenters. The molecule has 0 heterocycles. The highest BCUT2D eigenvalue weighted by Gasteiger charge is 2.05. The highest BCUT2D eigenvalue weighted by Crippen LogP contribution is 2.10. The minimum absolute atomic E-state index is 0.101. The van der Waals surface area contributed by atoms with E-state index in [-0.39, 0.29) is 5.56 Å². The summed E-state index contributed by atoms with van der Waals surface area (Å²) in [5, 5.41) is 0. The monoisotopic (exact) mass is 220 g/mol. The van der Waals surface area contributed by atoms with Crippen LogP contribution >= 0.6 is 15.9 Å². The van der Waals surface area contributed by atoms with Gasteiger partial charge in [-0.05, 0) is 34.1 Å². The summed E-state index contributed by atoms with van der Waals surface area (Å²) in [5.41, 5.74) is 0.101. The Labute approximate surface area is 70.2 Å². The van der Waals surface area contributed by atoms with E-state index in [2.05, 4.69) is 15.9 Å². The molecule has 0 fully saturated rings. The first-order valence-corrected chi connectivity index (χ1v) is 3.55. The lowest BCUT2D eigenvalue weighted by molar-refractivity contribution is 0.109. The highest BCUT2D eigenvalue weighted by molar-refractivity contribution is 9.18. The van der Waals surface area contributed by atoms with Crippen LogP contribution in [0.2, 0.25) is 0 Å². The van der Waals surface area contributed by atoms with Crippen LogP contribution in [-0.2, 0) is 0 Å². The van der Waals surface area contributed by atoms with Crippen LogP contribution in [0.5, 0.6) is 0 Å². The van der Waals surface area contributed by atoms with Crippen molar-refractivity contribution in [2.45, 2.75) is 0 Å². The van der Waals surface area contributed by atoms with Crippen LogP contribution < -0.4 is 0 Å². The van der Waals surface area contributed by atoms with E-state index >= 15 is 0 Å². The van der Waals surface area contributed by atoms with Gasteiger partial charge in [0.1, 0.15) is 0 Å². The molecule has 11 heavy (non-hydrogen) atoms. The number of carbonyl (C=O) groups excluding carboxylic acids is 1. The van der Waals surface area contributed by atoms with Crippen LogP contribution in [0.1, 0.15) is 10.4 Å². The van der Waals surface area contributed by atoms with Gasteiger partial charge < -0.3 is 0 Å². The Balaban J connectivity index is 3.15. The second-order valence-electron chi connectivity index (χ2n) is 1.90. The molecule has 1 aromatic carbocycles. The van der Waals surface area contributed by atoms with Gasteiger partial charge in [-0.1, -0.05) is 0 Å². The zero-order chi connectivity index (χ0) is 8.43. The molecule has 58 valence electrons. The summed E-state index contributed by atoms with van der Waals surface area (Å²) in [5.74, 6) is -1.97. The van der Waals surface area contributed by atoms with Gasteiger partial charge in [0, 0.05) is 5.56 Å². The number of halogens is 3. The maximum atomic E-state index is 12.4. The minimum Gasteiger partial charge on any atom is -0.281 e. The van der Waals surface area contributed by atoms with Gasteiger partial charge >= 0.3 is 0 Å². The van der Waals surface area contributed by atoms with Crippen molar-refractivity contribution in [2.75, 3.05) is 0 Å². The maximum absolute atomic E-state index is 12.4. The van der Waals surface area contributed by atoms with Crippen molar-refractivity contribution in [2.24, 2.45) is 0 Å². The van der Waals surface area contributed by atoms with E-state index in [4.69, 9.17) is 0 Å². The molecule has 0 saturated carbocycles. The second kappa shape index (κ2) is 3.09. The molecule has 0 aliphatic carbocycles. The Morgan fingerprint density at radius 2 is 1.91 bits per heavy atom. The Bertz CT molecular complexity index is 298. The van der Waals surface area contributed by atoms with Gasteiger partial charge in [-0.15, -0.1) is 0 Å². The zero-order valence-electron chi connectivity index (χ0n) is 5.27. The third-order valence-corrected chi connectivity index (χ3v) is 1.60. The van der Waals surface area contributed by atoms with Crippen molar-refractivity contribution in [3.05, 3.63) is 35.4 Å². The van der Waals surface area contributed by atoms with E-state index in [1.54, 1.807) is 0 Å². The summed E-state index contributed by atoms with van der Waals surface area (Å²) in [7, 11) is 0. The zero-order valence-corrected chi connectivity index (χ0v) is 6.86. The predicted octanol–water partition coefficient (Wildman–Crippen LogP) is 2.50. The first-order valence-electron chi connectivity index (χ1n) is 2.76. The predicted molar refractivity (Wildman–Crippen MR) is 39.6 cm³/mol. The largest absolute Gasteiger partial charge is 0.281 e. The van der Waals surface area contributed by atoms with Gasteiger partial charge in [0.25, 0.3) is 0 Å². The lowest BCUT2D eigenvalue weighted by Gasteiger charge is -1.94. The van der Waals surface area contributed by atoms with Gasteiger partial charge in [0.15, 0.2) is 11.6 Å². The van der Waals surface area contributed by atoms with Gasteiger partial charge in [-0.25, -0.2) is 8.78 Å². The molecule has 1 rings (SSSR count). The van der Waals surface area contributed by atoms with Crippen molar-refractivity contribution in [3.63, 3.8) is 0 Å². The van der Waals surface area contributed by atoms with Crippen LogP contribution in [0.4, 0.5) is 8.78 Å². The normalized spacial score (nSPS) is 9.73. The molecule has 0 atom stereocenters. The van der Waals surface area contributed by atoms with Crippen molar-refractivity contribution >= 4 is 20.6 Å². The first kappa shape index (κ1) is 8.33. The van der Waals surface area contributed by atoms with Crippen LogP contribution in [0.25, 0.3) is 0 Å². The van der Waals surface area contributed by atoms with Crippen molar-refractivity contribution < 1.29 is 13.6 Å². The van der Waals surface area contributed by atoms with E-state index in [1.165, 1.54) is 6.07 Å². The molecular weight excluding hydrogens is 218 g/mol.